The van der Waals surface area contributed by atoms with Gasteiger partial charge in [-0.3, -0.25) is 4.99 Å². The second-order valence-electron chi connectivity index (χ2n) is 7.52. The van der Waals surface area contributed by atoms with E-state index in [9.17, 15) is 0 Å². The number of benzene rings is 1. The lowest BCUT2D eigenvalue weighted by Gasteiger charge is -2.38. The van der Waals surface area contributed by atoms with E-state index in [1.165, 1.54) is 18.5 Å². The average Bonchev–Trinajstić information content (AvgIpc) is 3.49. The van der Waals surface area contributed by atoms with Crippen molar-refractivity contribution >= 4 is 11.6 Å². The molecule has 1 aromatic rings. The Balaban J connectivity index is 1.46. The number of hydrogen-bond donors (Lipinski definition) is 1. The van der Waals surface area contributed by atoms with Crippen LogP contribution in [-0.2, 0) is 4.74 Å². The van der Waals surface area contributed by atoms with Crippen molar-refractivity contribution in [1.82, 2.24) is 10.2 Å². The Labute approximate surface area is 163 Å². The monoisotopic (exact) mass is 374 g/mol. The van der Waals surface area contributed by atoms with Crippen molar-refractivity contribution in [3.63, 3.8) is 0 Å². The van der Waals surface area contributed by atoms with Crippen LogP contribution in [0.2, 0.25) is 0 Å². The highest BCUT2D eigenvalue weighted by molar-refractivity contribution is 5.80. The molecule has 1 saturated heterocycles. The van der Waals surface area contributed by atoms with E-state index in [0.717, 1.165) is 64.1 Å². The van der Waals surface area contributed by atoms with Gasteiger partial charge in [-0.25, -0.2) is 0 Å². The van der Waals surface area contributed by atoms with E-state index < -0.39 is 0 Å². The summed E-state index contributed by atoms with van der Waals surface area (Å²) in [6.07, 6.45) is 3.75. The van der Waals surface area contributed by atoms with Gasteiger partial charge >= 0.3 is 0 Å². The van der Waals surface area contributed by atoms with Gasteiger partial charge in [0.05, 0.1) is 7.11 Å². The lowest BCUT2D eigenvalue weighted by molar-refractivity contribution is 0.128. The first kappa shape index (κ1) is 19.8. The third-order valence-electron chi connectivity index (χ3n) is 5.79. The summed E-state index contributed by atoms with van der Waals surface area (Å²) in [5.41, 5.74) is 1.68. The molecule has 1 saturated carbocycles. The molecule has 0 atom stereocenters. The van der Waals surface area contributed by atoms with Crippen LogP contribution in [0.1, 0.15) is 26.2 Å². The van der Waals surface area contributed by atoms with Gasteiger partial charge < -0.3 is 24.6 Å². The zero-order chi connectivity index (χ0) is 19.1. The smallest absolute Gasteiger partial charge is 0.193 e. The van der Waals surface area contributed by atoms with Crippen molar-refractivity contribution in [2.45, 2.75) is 26.2 Å². The van der Waals surface area contributed by atoms with E-state index in [-0.39, 0.29) is 0 Å². The highest BCUT2D eigenvalue weighted by Crippen LogP contribution is 2.48. The molecular weight excluding hydrogens is 340 g/mol. The first-order chi connectivity index (χ1) is 13.2. The molecule has 1 aliphatic carbocycles. The Morgan fingerprint density at radius 1 is 1.15 bits per heavy atom. The van der Waals surface area contributed by atoms with Gasteiger partial charge in [0.2, 0.25) is 0 Å². The summed E-state index contributed by atoms with van der Waals surface area (Å²) in [7, 11) is 3.59. The summed E-state index contributed by atoms with van der Waals surface area (Å²) in [5, 5.41) is 3.62. The van der Waals surface area contributed by atoms with Crippen molar-refractivity contribution in [2.75, 3.05) is 65.0 Å². The molecule has 0 spiro atoms. The summed E-state index contributed by atoms with van der Waals surface area (Å²) in [4.78, 5) is 9.32. The molecule has 0 unspecified atom stereocenters. The SMILES string of the molecule is CCOCCC1(CNC(=NC)N2CCN(c3ccc(OC)cc3)CC2)CC1. The minimum atomic E-state index is 0.427. The molecule has 6 nitrogen and oxygen atoms in total. The standard InChI is InChI=1S/C21H34N4O2/c1-4-27-16-11-21(9-10-21)17-23-20(22-2)25-14-12-24(13-15-25)18-5-7-19(26-3)8-6-18/h5-8H,4,9-17H2,1-3H3,(H,22,23). The third-order valence-corrected chi connectivity index (χ3v) is 5.79. The molecule has 2 fully saturated rings. The van der Waals surface area contributed by atoms with Gasteiger partial charge in [-0.05, 0) is 55.9 Å². The van der Waals surface area contributed by atoms with Crippen LogP contribution in [0, 0.1) is 5.41 Å². The Morgan fingerprint density at radius 2 is 1.85 bits per heavy atom. The van der Waals surface area contributed by atoms with E-state index in [4.69, 9.17) is 9.47 Å². The van der Waals surface area contributed by atoms with Crippen LogP contribution in [0.15, 0.2) is 29.3 Å². The quantitative estimate of drug-likeness (QED) is 0.431. The minimum absolute atomic E-state index is 0.427. The topological polar surface area (TPSA) is 49.3 Å². The normalized spacial score (nSPS) is 19.1. The molecule has 1 aliphatic heterocycles. The number of hydrogen-bond acceptors (Lipinski definition) is 4. The molecule has 0 aromatic heterocycles. The van der Waals surface area contributed by atoms with E-state index in [1.54, 1.807) is 7.11 Å². The first-order valence-electron chi connectivity index (χ1n) is 10.1. The number of methoxy groups -OCH3 is 1. The van der Waals surface area contributed by atoms with Crippen LogP contribution >= 0.6 is 0 Å². The maximum atomic E-state index is 5.55. The minimum Gasteiger partial charge on any atom is -0.497 e. The third kappa shape index (κ3) is 5.28. The maximum Gasteiger partial charge on any atom is 0.193 e. The second-order valence-corrected chi connectivity index (χ2v) is 7.52. The number of ether oxygens (including phenoxy) is 2. The van der Waals surface area contributed by atoms with E-state index in [0.29, 0.717) is 5.41 Å². The van der Waals surface area contributed by atoms with Gasteiger partial charge in [-0.15, -0.1) is 0 Å². The molecule has 2 aliphatic rings. The van der Waals surface area contributed by atoms with Crippen molar-refractivity contribution in [3.8, 4) is 5.75 Å². The zero-order valence-electron chi connectivity index (χ0n) is 17.0. The van der Waals surface area contributed by atoms with Gasteiger partial charge in [0.1, 0.15) is 5.75 Å². The van der Waals surface area contributed by atoms with Crippen LogP contribution in [0.3, 0.4) is 0 Å². The fourth-order valence-corrected chi connectivity index (χ4v) is 3.69. The van der Waals surface area contributed by atoms with Crippen molar-refractivity contribution in [3.05, 3.63) is 24.3 Å². The summed E-state index contributed by atoms with van der Waals surface area (Å²) < 4.78 is 10.8. The zero-order valence-corrected chi connectivity index (χ0v) is 17.0. The highest BCUT2D eigenvalue weighted by Gasteiger charge is 2.42. The summed E-state index contributed by atoms with van der Waals surface area (Å²) in [6, 6.07) is 8.33. The van der Waals surface area contributed by atoms with Crippen molar-refractivity contribution < 1.29 is 9.47 Å². The van der Waals surface area contributed by atoms with E-state index in [1.807, 2.05) is 19.2 Å². The first-order valence-corrected chi connectivity index (χ1v) is 10.1. The van der Waals surface area contributed by atoms with Gasteiger partial charge in [-0.2, -0.15) is 0 Å². The number of guanidine groups is 1. The number of piperazine rings is 1. The molecule has 3 rings (SSSR count). The van der Waals surface area contributed by atoms with Crippen molar-refractivity contribution in [1.29, 1.82) is 0 Å². The lowest BCUT2D eigenvalue weighted by Crippen LogP contribution is -2.53. The molecule has 27 heavy (non-hydrogen) atoms. The van der Waals surface area contributed by atoms with Crippen molar-refractivity contribution in [2.24, 2.45) is 10.4 Å². The molecule has 1 N–H and O–H groups in total. The van der Waals surface area contributed by atoms with Crippen LogP contribution in [0.4, 0.5) is 5.69 Å². The van der Waals surface area contributed by atoms with Gasteiger partial charge in [-0.1, -0.05) is 0 Å². The fourth-order valence-electron chi connectivity index (χ4n) is 3.69. The number of rotatable bonds is 8. The van der Waals surface area contributed by atoms with Crippen LogP contribution < -0.4 is 15.0 Å². The summed E-state index contributed by atoms with van der Waals surface area (Å²) in [5.74, 6) is 1.94. The Morgan fingerprint density at radius 3 is 2.41 bits per heavy atom. The number of aliphatic imine (C=N–C) groups is 1. The molecule has 0 radical (unpaired) electrons. The number of nitrogens with zero attached hydrogens (tertiary/aromatic N) is 3. The predicted octanol–water partition coefficient (Wildman–Crippen LogP) is 2.60. The van der Waals surface area contributed by atoms with Gasteiger partial charge in [0.25, 0.3) is 0 Å². The molecule has 6 heteroatoms. The molecule has 150 valence electrons. The van der Waals surface area contributed by atoms with Gasteiger partial charge in [0.15, 0.2) is 5.96 Å². The number of nitrogens with one attached hydrogen (secondary N) is 1. The molecule has 1 aromatic carbocycles. The lowest BCUT2D eigenvalue weighted by atomic mass is 10.0. The van der Waals surface area contributed by atoms with E-state index in [2.05, 4.69) is 39.2 Å². The molecular formula is C21H34N4O2. The van der Waals surface area contributed by atoms with E-state index >= 15 is 0 Å². The van der Waals surface area contributed by atoms with Crippen LogP contribution in [0.25, 0.3) is 0 Å². The second kappa shape index (κ2) is 9.31. The maximum absolute atomic E-state index is 5.55. The largest absolute Gasteiger partial charge is 0.497 e. The fraction of sp³-hybridized carbons (Fsp3) is 0.667. The van der Waals surface area contributed by atoms with Gasteiger partial charge in [0, 0.05) is 58.7 Å². The number of anilines is 1. The molecule has 0 amide bonds. The summed E-state index contributed by atoms with van der Waals surface area (Å²) in [6.45, 7) is 8.72. The Bertz CT molecular complexity index is 605. The van der Waals surface area contributed by atoms with Crippen LogP contribution in [-0.4, -0.2) is 71.0 Å². The highest BCUT2D eigenvalue weighted by atomic mass is 16.5. The van der Waals surface area contributed by atoms with Crippen LogP contribution in [0.5, 0.6) is 5.75 Å². The Hall–Kier alpha value is -1.95. The molecule has 0 bridgehead atoms. The predicted molar refractivity (Wildman–Crippen MR) is 111 cm³/mol. The summed E-state index contributed by atoms with van der Waals surface area (Å²) >= 11 is 0. The Kier molecular flexibility index (Phi) is 6.83. The molecule has 1 heterocycles. The average molecular weight is 375 g/mol.